The topological polar surface area (TPSA) is 20.2 Å². The van der Waals surface area contributed by atoms with Gasteiger partial charge >= 0.3 is 0 Å². The number of hydrogen-bond acceptors (Lipinski definition) is 1. The molecule has 2 aromatic carbocycles. The van der Waals surface area contributed by atoms with E-state index >= 15 is 0 Å². The molecule has 82 valence electrons. The number of phenols is 1. The standard InChI is InChI=1S/C14H13FO/c1-2-10-6-7-12(15)9-14(10)11-4-3-5-13(16)8-11/h3-9,16H,2H2,1H3. The Hall–Kier alpha value is -1.83. The lowest BCUT2D eigenvalue weighted by Crippen LogP contribution is -1.89. The second-order valence-corrected chi connectivity index (χ2v) is 3.71. The minimum absolute atomic E-state index is 0.198. The lowest BCUT2D eigenvalue weighted by molar-refractivity contribution is 0.475. The van der Waals surface area contributed by atoms with Crippen LogP contribution < -0.4 is 0 Å². The van der Waals surface area contributed by atoms with Crippen LogP contribution in [0.4, 0.5) is 4.39 Å². The minimum atomic E-state index is -0.254. The molecule has 0 radical (unpaired) electrons. The molecule has 0 amide bonds. The maximum atomic E-state index is 13.2. The van der Waals surface area contributed by atoms with Gasteiger partial charge in [0.25, 0.3) is 0 Å². The van der Waals surface area contributed by atoms with Crippen molar-refractivity contribution in [2.45, 2.75) is 13.3 Å². The summed E-state index contributed by atoms with van der Waals surface area (Å²) in [5.74, 6) is -0.0562. The predicted octanol–water partition coefficient (Wildman–Crippen LogP) is 3.76. The Balaban J connectivity index is 2.58. The predicted molar refractivity (Wildman–Crippen MR) is 62.9 cm³/mol. The molecule has 0 saturated heterocycles. The molecule has 0 bridgehead atoms. The highest BCUT2D eigenvalue weighted by atomic mass is 19.1. The van der Waals surface area contributed by atoms with E-state index in [9.17, 15) is 9.50 Å². The first kappa shape index (κ1) is 10.7. The highest BCUT2D eigenvalue weighted by molar-refractivity contribution is 5.68. The molecule has 0 atom stereocenters. The van der Waals surface area contributed by atoms with Gasteiger partial charge in [-0.3, -0.25) is 0 Å². The molecule has 0 heterocycles. The summed E-state index contributed by atoms with van der Waals surface area (Å²) < 4.78 is 13.2. The SMILES string of the molecule is CCc1ccc(F)cc1-c1cccc(O)c1. The third-order valence-electron chi connectivity index (χ3n) is 2.61. The second kappa shape index (κ2) is 4.35. The van der Waals surface area contributed by atoms with Crippen molar-refractivity contribution in [2.75, 3.05) is 0 Å². The van der Waals surface area contributed by atoms with E-state index in [1.807, 2.05) is 13.0 Å². The normalized spacial score (nSPS) is 10.4. The van der Waals surface area contributed by atoms with Crippen LogP contribution in [-0.2, 0) is 6.42 Å². The van der Waals surface area contributed by atoms with Gasteiger partial charge in [0, 0.05) is 0 Å². The molecule has 0 saturated carbocycles. The van der Waals surface area contributed by atoms with Crippen molar-refractivity contribution in [3.05, 3.63) is 53.8 Å². The third kappa shape index (κ3) is 2.06. The van der Waals surface area contributed by atoms with Crippen LogP contribution in [0.3, 0.4) is 0 Å². The minimum Gasteiger partial charge on any atom is -0.508 e. The second-order valence-electron chi connectivity index (χ2n) is 3.71. The monoisotopic (exact) mass is 216 g/mol. The van der Waals surface area contributed by atoms with E-state index in [1.165, 1.54) is 12.1 Å². The third-order valence-corrected chi connectivity index (χ3v) is 2.61. The summed E-state index contributed by atoms with van der Waals surface area (Å²) in [7, 11) is 0. The first-order chi connectivity index (χ1) is 7.70. The smallest absolute Gasteiger partial charge is 0.123 e. The maximum absolute atomic E-state index is 13.2. The lowest BCUT2D eigenvalue weighted by Gasteiger charge is -2.08. The molecular weight excluding hydrogens is 203 g/mol. The molecule has 0 aliphatic rings. The maximum Gasteiger partial charge on any atom is 0.123 e. The molecule has 2 rings (SSSR count). The van der Waals surface area contributed by atoms with Gasteiger partial charge in [0.05, 0.1) is 0 Å². The molecule has 0 aromatic heterocycles. The van der Waals surface area contributed by atoms with Crippen LogP contribution in [-0.4, -0.2) is 5.11 Å². The molecule has 0 fully saturated rings. The van der Waals surface area contributed by atoms with Crippen LogP contribution in [0.2, 0.25) is 0 Å². The quantitative estimate of drug-likeness (QED) is 0.810. The van der Waals surface area contributed by atoms with Crippen molar-refractivity contribution in [2.24, 2.45) is 0 Å². The van der Waals surface area contributed by atoms with Crippen molar-refractivity contribution >= 4 is 0 Å². The van der Waals surface area contributed by atoms with Gasteiger partial charge in [0.15, 0.2) is 0 Å². The van der Waals surface area contributed by atoms with Crippen LogP contribution >= 0.6 is 0 Å². The van der Waals surface area contributed by atoms with Crippen LogP contribution in [0, 0.1) is 5.82 Å². The number of aromatic hydroxyl groups is 1. The molecule has 16 heavy (non-hydrogen) atoms. The average Bonchev–Trinajstić information content (AvgIpc) is 2.29. The summed E-state index contributed by atoms with van der Waals surface area (Å²) in [5, 5.41) is 9.41. The van der Waals surface area contributed by atoms with Gasteiger partial charge < -0.3 is 5.11 Å². The fraction of sp³-hybridized carbons (Fsp3) is 0.143. The molecule has 0 aliphatic carbocycles. The van der Waals surface area contributed by atoms with Crippen molar-refractivity contribution in [3.63, 3.8) is 0 Å². The van der Waals surface area contributed by atoms with E-state index in [0.717, 1.165) is 23.1 Å². The Labute approximate surface area is 94.2 Å². The fourth-order valence-corrected chi connectivity index (χ4v) is 1.80. The Kier molecular flexibility index (Phi) is 2.91. The van der Waals surface area contributed by atoms with Crippen LogP contribution in [0.15, 0.2) is 42.5 Å². The number of phenolic OH excluding ortho intramolecular Hbond substituents is 1. The number of hydrogen-bond donors (Lipinski definition) is 1. The molecule has 1 nitrogen and oxygen atoms in total. The van der Waals surface area contributed by atoms with E-state index in [2.05, 4.69) is 0 Å². The van der Waals surface area contributed by atoms with Crippen molar-refractivity contribution in [1.29, 1.82) is 0 Å². The summed E-state index contributed by atoms with van der Waals surface area (Å²) in [5.41, 5.74) is 2.77. The van der Waals surface area contributed by atoms with E-state index in [-0.39, 0.29) is 11.6 Å². The van der Waals surface area contributed by atoms with E-state index < -0.39 is 0 Å². The molecular formula is C14H13FO. The molecule has 2 aromatic rings. The van der Waals surface area contributed by atoms with Crippen molar-refractivity contribution in [3.8, 4) is 16.9 Å². The van der Waals surface area contributed by atoms with E-state index in [4.69, 9.17) is 0 Å². The molecule has 2 heteroatoms. The van der Waals surface area contributed by atoms with Gasteiger partial charge in [-0.05, 0) is 47.4 Å². The van der Waals surface area contributed by atoms with Crippen molar-refractivity contribution in [1.82, 2.24) is 0 Å². The molecule has 1 N–H and O–H groups in total. The largest absolute Gasteiger partial charge is 0.508 e. The fourth-order valence-electron chi connectivity index (χ4n) is 1.80. The Morgan fingerprint density at radius 3 is 2.62 bits per heavy atom. The summed E-state index contributed by atoms with van der Waals surface area (Å²) >= 11 is 0. The van der Waals surface area contributed by atoms with Crippen LogP contribution in [0.5, 0.6) is 5.75 Å². The zero-order valence-electron chi connectivity index (χ0n) is 9.07. The van der Waals surface area contributed by atoms with Crippen LogP contribution in [0.1, 0.15) is 12.5 Å². The van der Waals surface area contributed by atoms with Gasteiger partial charge in [0.2, 0.25) is 0 Å². The zero-order chi connectivity index (χ0) is 11.5. The number of rotatable bonds is 2. The summed E-state index contributed by atoms with van der Waals surface area (Å²) in [6, 6.07) is 11.6. The molecule has 0 aliphatic heterocycles. The molecule has 0 spiro atoms. The first-order valence-corrected chi connectivity index (χ1v) is 5.28. The van der Waals surface area contributed by atoms with Gasteiger partial charge in [0.1, 0.15) is 11.6 Å². The number of benzene rings is 2. The van der Waals surface area contributed by atoms with E-state index in [0.29, 0.717) is 0 Å². The summed E-state index contributed by atoms with van der Waals surface area (Å²) in [4.78, 5) is 0. The van der Waals surface area contributed by atoms with E-state index in [1.54, 1.807) is 24.3 Å². The van der Waals surface area contributed by atoms with Gasteiger partial charge in [-0.1, -0.05) is 25.1 Å². The van der Waals surface area contributed by atoms with Gasteiger partial charge in [-0.15, -0.1) is 0 Å². The van der Waals surface area contributed by atoms with Crippen LogP contribution in [0.25, 0.3) is 11.1 Å². The average molecular weight is 216 g/mol. The first-order valence-electron chi connectivity index (χ1n) is 5.28. The number of halogens is 1. The lowest BCUT2D eigenvalue weighted by atomic mass is 9.98. The highest BCUT2D eigenvalue weighted by Gasteiger charge is 2.05. The van der Waals surface area contributed by atoms with Gasteiger partial charge in [-0.25, -0.2) is 4.39 Å². The Bertz CT molecular complexity index is 506. The van der Waals surface area contributed by atoms with Gasteiger partial charge in [-0.2, -0.15) is 0 Å². The Morgan fingerprint density at radius 2 is 1.94 bits per heavy atom. The summed E-state index contributed by atoms with van der Waals surface area (Å²) in [6.07, 6.45) is 0.839. The Morgan fingerprint density at radius 1 is 1.12 bits per heavy atom. The highest BCUT2D eigenvalue weighted by Crippen LogP contribution is 2.27. The summed E-state index contributed by atoms with van der Waals surface area (Å²) in [6.45, 7) is 2.03. The zero-order valence-corrected chi connectivity index (χ0v) is 9.07. The van der Waals surface area contributed by atoms with Crippen molar-refractivity contribution < 1.29 is 9.50 Å². The molecule has 0 unspecified atom stereocenters. The number of aryl methyl sites for hydroxylation is 1.